The number of aliphatic hydroxyl groups is 1. The summed E-state index contributed by atoms with van der Waals surface area (Å²) in [4.78, 5) is 18.5. The number of sulfonamides is 1. The number of hydrogen-bond acceptors (Lipinski definition) is 8. The van der Waals surface area contributed by atoms with Gasteiger partial charge in [-0.25, -0.2) is 22.2 Å². The second kappa shape index (κ2) is 17.5. The second-order valence-corrected chi connectivity index (χ2v) is 15.4. The van der Waals surface area contributed by atoms with Crippen molar-refractivity contribution in [2.75, 3.05) is 16.7 Å². The second-order valence-electron chi connectivity index (χ2n) is 13.3. The van der Waals surface area contributed by atoms with Crippen LogP contribution in [0.3, 0.4) is 0 Å². The summed E-state index contributed by atoms with van der Waals surface area (Å²) in [5, 5.41) is 21.8. The van der Waals surface area contributed by atoms with Gasteiger partial charge in [0.15, 0.2) is 5.82 Å². The number of halogens is 5. The Morgan fingerprint density at radius 3 is 2.32 bits per heavy atom. The number of carbonyl (C=O) groups is 1. The van der Waals surface area contributed by atoms with Gasteiger partial charge in [-0.2, -0.15) is 19.0 Å². The van der Waals surface area contributed by atoms with E-state index in [4.69, 9.17) is 22.3 Å². The Morgan fingerprint density at radius 1 is 1.07 bits per heavy atom. The third-order valence-corrected chi connectivity index (χ3v) is 9.25. The topological polar surface area (TPSA) is 170 Å². The van der Waals surface area contributed by atoms with Crippen LogP contribution in [0, 0.1) is 23.5 Å². The van der Waals surface area contributed by atoms with Gasteiger partial charge >= 0.3 is 0 Å². The van der Waals surface area contributed by atoms with Gasteiger partial charge in [0, 0.05) is 36.2 Å². The fourth-order valence-electron chi connectivity index (χ4n) is 6.34. The number of benzene rings is 2. The van der Waals surface area contributed by atoms with Crippen LogP contribution >= 0.6 is 11.6 Å². The Morgan fingerprint density at radius 2 is 1.70 bits per heavy atom. The molecule has 1 amide bonds. The lowest BCUT2D eigenvalue weighted by Crippen LogP contribution is -2.35. The standard InChI is InChI=1S/C35H33ClF4N8O4S.2C2H6/c1-34(2,50)11-9-21-5-6-22(23-7-8-25(36)28-30(23)47(3)45-33(28)46-53(4,51)52)29(42-21)26(15-18-13-19(37)16-20(38)14-18)43-27(49)17-48-31-24(32(41)44-48)10-12-35(31,39)40;2*1-2/h5-8,13-14,16,26,50H,10,12,15,17H2,1-4H3,(H2,41,44)(H,43,49)(H,45,46);2*1-2H3. The fourth-order valence-corrected chi connectivity index (χ4v) is 7.08. The quantitative estimate of drug-likeness (QED) is 0.0907. The average Bonchev–Trinajstić information content (AvgIpc) is 3.74. The molecule has 0 fully saturated rings. The molecular formula is C39H45ClF4N8O4S. The van der Waals surface area contributed by atoms with Gasteiger partial charge in [-0.1, -0.05) is 51.3 Å². The molecular weight excluding hydrogens is 788 g/mol. The zero-order valence-corrected chi connectivity index (χ0v) is 34.3. The van der Waals surface area contributed by atoms with Crippen LogP contribution in [-0.2, 0) is 47.2 Å². The lowest BCUT2D eigenvalue weighted by atomic mass is 9.93. The van der Waals surface area contributed by atoms with Crippen molar-refractivity contribution in [1.82, 2.24) is 29.9 Å². The molecule has 0 saturated carbocycles. The molecule has 0 radical (unpaired) electrons. The first-order valence-electron chi connectivity index (χ1n) is 18.1. The molecule has 57 heavy (non-hydrogen) atoms. The zero-order chi connectivity index (χ0) is 42.6. The number of pyridine rings is 1. The summed E-state index contributed by atoms with van der Waals surface area (Å²) in [5.74, 6) is -0.545. The van der Waals surface area contributed by atoms with Gasteiger partial charge in [0.2, 0.25) is 15.9 Å². The highest BCUT2D eigenvalue weighted by Crippen LogP contribution is 2.44. The highest BCUT2D eigenvalue weighted by molar-refractivity contribution is 7.92. The molecule has 306 valence electrons. The summed E-state index contributed by atoms with van der Waals surface area (Å²) in [6.07, 6.45) is 0.203. The number of nitrogens with one attached hydrogen (secondary N) is 2. The van der Waals surface area contributed by atoms with Crippen molar-refractivity contribution in [3.63, 3.8) is 0 Å². The van der Waals surface area contributed by atoms with Crippen molar-refractivity contribution in [1.29, 1.82) is 0 Å². The van der Waals surface area contributed by atoms with Crippen LogP contribution in [0.5, 0.6) is 0 Å². The van der Waals surface area contributed by atoms with Gasteiger partial charge in [0.1, 0.15) is 41.0 Å². The van der Waals surface area contributed by atoms with Crippen LogP contribution < -0.4 is 15.8 Å². The summed E-state index contributed by atoms with van der Waals surface area (Å²) in [5.41, 5.74) is 5.67. The molecule has 2 aromatic carbocycles. The van der Waals surface area contributed by atoms with Crippen molar-refractivity contribution < 1.29 is 35.9 Å². The van der Waals surface area contributed by atoms with E-state index < -0.39 is 63.8 Å². The number of aromatic nitrogens is 5. The third kappa shape index (κ3) is 10.4. The van der Waals surface area contributed by atoms with Gasteiger partial charge in [0.25, 0.3) is 5.92 Å². The predicted molar refractivity (Wildman–Crippen MR) is 213 cm³/mol. The highest BCUT2D eigenvalue weighted by atomic mass is 35.5. The maximum atomic E-state index is 14.9. The molecule has 1 unspecified atom stereocenters. The number of anilines is 2. The number of alkyl halides is 2. The minimum absolute atomic E-state index is 0.0136. The average molecular weight is 833 g/mol. The van der Waals surface area contributed by atoms with E-state index in [-0.39, 0.29) is 57.4 Å². The van der Waals surface area contributed by atoms with Crippen LogP contribution in [0.1, 0.15) is 82.2 Å². The molecule has 3 heterocycles. The number of carbonyl (C=O) groups excluding carboxylic acids is 1. The Labute approximate surface area is 333 Å². The number of amides is 1. The molecule has 18 heteroatoms. The fraction of sp³-hybridized carbons (Fsp3) is 0.385. The number of nitrogen functional groups attached to an aromatic ring is 1. The van der Waals surface area contributed by atoms with E-state index in [0.29, 0.717) is 22.7 Å². The number of aryl methyl sites for hydroxylation is 1. The molecule has 3 aromatic heterocycles. The highest BCUT2D eigenvalue weighted by Gasteiger charge is 2.45. The molecule has 1 atom stereocenters. The number of nitrogens with two attached hydrogens (primary N) is 1. The number of fused-ring (bicyclic) bond motifs is 2. The largest absolute Gasteiger partial charge is 0.382 e. The van der Waals surface area contributed by atoms with Crippen molar-refractivity contribution in [3.8, 4) is 23.0 Å². The van der Waals surface area contributed by atoms with Gasteiger partial charge in [-0.15, -0.1) is 0 Å². The van der Waals surface area contributed by atoms with Gasteiger partial charge in [0.05, 0.1) is 33.9 Å². The molecule has 12 nitrogen and oxygen atoms in total. The lowest BCUT2D eigenvalue weighted by molar-refractivity contribution is -0.122. The molecule has 0 spiro atoms. The van der Waals surface area contributed by atoms with Crippen LogP contribution in [0.2, 0.25) is 5.02 Å². The first-order valence-corrected chi connectivity index (χ1v) is 20.3. The summed E-state index contributed by atoms with van der Waals surface area (Å²) in [7, 11) is -2.23. The summed E-state index contributed by atoms with van der Waals surface area (Å²) >= 11 is 6.58. The van der Waals surface area contributed by atoms with Crippen molar-refractivity contribution >= 4 is 50.1 Å². The monoisotopic (exact) mass is 832 g/mol. The van der Waals surface area contributed by atoms with E-state index in [9.17, 15) is 35.9 Å². The number of nitrogens with zero attached hydrogens (tertiary/aromatic N) is 5. The van der Waals surface area contributed by atoms with Crippen LogP contribution in [0.25, 0.3) is 22.0 Å². The number of rotatable bonds is 9. The Hall–Kier alpha value is -5.18. The van der Waals surface area contributed by atoms with E-state index >= 15 is 0 Å². The Balaban J connectivity index is 0.00000174. The predicted octanol–water partition coefficient (Wildman–Crippen LogP) is 7.03. The van der Waals surface area contributed by atoms with Crippen molar-refractivity contribution in [2.24, 2.45) is 7.05 Å². The minimum Gasteiger partial charge on any atom is -0.382 e. The molecule has 1 aliphatic carbocycles. The van der Waals surface area contributed by atoms with Crippen molar-refractivity contribution in [3.05, 3.63) is 87.3 Å². The zero-order valence-electron chi connectivity index (χ0n) is 32.7. The first kappa shape index (κ1) is 44.5. The van der Waals surface area contributed by atoms with Crippen LogP contribution in [0.4, 0.5) is 29.2 Å². The maximum Gasteiger partial charge on any atom is 0.290 e. The Bertz CT molecular complexity index is 2450. The van der Waals surface area contributed by atoms with Crippen LogP contribution in [0.15, 0.2) is 42.5 Å². The molecule has 0 saturated heterocycles. The summed E-state index contributed by atoms with van der Waals surface area (Å²) in [6, 6.07) is 7.93. The minimum atomic E-state index is -3.79. The van der Waals surface area contributed by atoms with E-state index in [1.54, 1.807) is 25.2 Å². The summed E-state index contributed by atoms with van der Waals surface area (Å²) < 4.78 is 87.7. The lowest BCUT2D eigenvalue weighted by Gasteiger charge is -2.23. The number of hydrogen-bond donors (Lipinski definition) is 4. The van der Waals surface area contributed by atoms with Gasteiger partial charge in [-0.3, -0.25) is 18.9 Å². The van der Waals surface area contributed by atoms with Gasteiger partial charge in [-0.05, 0) is 68.5 Å². The SMILES string of the molecule is CC.CC.Cn1nc(NS(C)(=O)=O)c2c(Cl)ccc(-c3ccc(C#CC(C)(C)O)nc3C(Cc3cc(F)cc(F)c3)NC(=O)Cn3nc(N)c4c3C(F)(F)CC4)c21. The first-order chi connectivity index (χ1) is 26.7. The van der Waals surface area contributed by atoms with Crippen molar-refractivity contribution in [2.45, 2.75) is 84.9 Å². The van der Waals surface area contributed by atoms with Crippen LogP contribution in [-0.4, -0.2) is 55.8 Å². The molecule has 0 aliphatic heterocycles. The van der Waals surface area contributed by atoms with Gasteiger partial charge < -0.3 is 16.2 Å². The van der Waals surface area contributed by atoms with E-state index in [1.807, 2.05) is 27.7 Å². The normalized spacial score (nSPS) is 13.6. The maximum absolute atomic E-state index is 14.9. The summed E-state index contributed by atoms with van der Waals surface area (Å²) in [6.45, 7) is 10.3. The Kier molecular flexibility index (Phi) is 13.7. The smallest absolute Gasteiger partial charge is 0.290 e. The van der Waals surface area contributed by atoms with E-state index in [2.05, 4.69) is 32.1 Å². The molecule has 0 bridgehead atoms. The third-order valence-electron chi connectivity index (χ3n) is 8.37. The van der Waals surface area contributed by atoms with E-state index in [0.717, 1.165) is 23.1 Å². The molecule has 5 N–H and O–H groups in total. The van der Waals surface area contributed by atoms with E-state index in [1.165, 1.54) is 24.6 Å². The molecule has 5 aromatic rings. The molecule has 6 rings (SSSR count). The molecule has 1 aliphatic rings.